The van der Waals surface area contributed by atoms with Gasteiger partial charge < -0.3 is 12.5 Å². The van der Waals surface area contributed by atoms with E-state index in [1.807, 2.05) is 6.07 Å². The van der Waals surface area contributed by atoms with Crippen LogP contribution in [0.25, 0.3) is 0 Å². The van der Waals surface area contributed by atoms with E-state index < -0.39 is 0 Å². The summed E-state index contributed by atoms with van der Waals surface area (Å²) in [5, 5.41) is 9.86. The average molecular weight is 369 g/mol. The van der Waals surface area contributed by atoms with Gasteiger partial charge in [-0.3, -0.25) is 6.08 Å². The van der Waals surface area contributed by atoms with Crippen molar-refractivity contribution in [3.05, 3.63) is 59.0 Å². The van der Waals surface area contributed by atoms with E-state index in [-0.39, 0.29) is 40.3 Å². The smallest absolute Gasteiger partial charge is 0.508 e. The maximum atomic E-state index is 9.27. The molecule has 3 heteroatoms. The topological polar surface area (TPSA) is 20.2 Å². The zero-order valence-electron chi connectivity index (χ0n) is 15.6. The quantitative estimate of drug-likeness (QED) is 0.408. The van der Waals surface area contributed by atoms with Crippen molar-refractivity contribution in [2.24, 2.45) is 5.92 Å². The Morgan fingerprint density at radius 1 is 1.09 bits per heavy atom. The van der Waals surface area contributed by atoms with Crippen LogP contribution < -0.4 is 0 Å². The zero-order chi connectivity index (χ0) is 16.4. The Kier molecular flexibility index (Phi) is 10.5. The summed E-state index contributed by atoms with van der Waals surface area (Å²) in [5.41, 5.74) is 5.32. The fourth-order valence-electron chi connectivity index (χ4n) is 2.17. The molecule has 0 saturated heterocycles. The van der Waals surface area contributed by atoms with Crippen molar-refractivity contribution in [1.82, 2.24) is 0 Å². The van der Waals surface area contributed by atoms with Crippen LogP contribution in [0.5, 0.6) is 5.75 Å². The third kappa shape index (κ3) is 7.29. The van der Waals surface area contributed by atoms with Gasteiger partial charge in [0.25, 0.3) is 0 Å². The Hall–Kier alpha value is -0.496. The van der Waals surface area contributed by atoms with Gasteiger partial charge in [0.2, 0.25) is 0 Å². The third-order valence-electron chi connectivity index (χ3n) is 3.99. The molecule has 1 aromatic rings. The number of allylic oxidation sites excluding steroid dienone is 4. The van der Waals surface area contributed by atoms with E-state index in [1.165, 1.54) is 22.8 Å². The van der Waals surface area contributed by atoms with E-state index in [0.29, 0.717) is 10.9 Å². The van der Waals surface area contributed by atoms with Crippen molar-refractivity contribution in [1.29, 1.82) is 0 Å². The zero-order valence-corrected chi connectivity index (χ0v) is 18.0. The fraction of sp³-hybridized carbons (Fsp3) is 0.450. The van der Waals surface area contributed by atoms with Crippen molar-refractivity contribution < 1.29 is 26.8 Å². The second-order valence-electron chi connectivity index (χ2n) is 6.75. The van der Waals surface area contributed by atoms with E-state index in [1.54, 1.807) is 6.07 Å². The Balaban J connectivity index is 0. The van der Waals surface area contributed by atoms with E-state index in [4.69, 9.17) is 11.6 Å². The third-order valence-corrected chi connectivity index (χ3v) is 4.20. The number of rotatable bonds is 0. The summed E-state index contributed by atoms with van der Waals surface area (Å²) >= 11 is 5.80. The molecule has 1 N–H and O–H groups in total. The fourth-order valence-corrected chi connectivity index (χ4v) is 2.40. The van der Waals surface area contributed by atoms with Crippen LogP contribution in [0, 0.1) is 19.4 Å². The molecule has 0 amide bonds. The monoisotopic (exact) mass is 368 g/mol. The number of benzene rings is 1. The van der Waals surface area contributed by atoms with Crippen LogP contribution in [0.2, 0.25) is 5.02 Å². The number of halogens is 1. The predicted octanol–water partition coefficient (Wildman–Crippen LogP) is 6.51. The van der Waals surface area contributed by atoms with Crippen LogP contribution >= 0.6 is 11.6 Å². The largest absolute Gasteiger partial charge is 2.00 e. The molecule has 0 spiro atoms. The second-order valence-corrected chi connectivity index (χ2v) is 7.18. The molecule has 1 aliphatic rings. The van der Waals surface area contributed by atoms with Gasteiger partial charge in [0.15, 0.2) is 0 Å². The minimum Gasteiger partial charge on any atom is -0.508 e. The molecule has 1 aliphatic carbocycles. The molecular formula is C20H29ClOTi. The SMILES string of the molecule is CC(C)(C)c1cc(O)cc(Cl)c1.CC1=[C-]C(C)C(C)=C1C.[CH3-].[Ti+2]. The first-order chi connectivity index (χ1) is 9.52. The molecule has 1 unspecified atom stereocenters. The maximum absolute atomic E-state index is 9.27. The van der Waals surface area contributed by atoms with Crippen LogP contribution in [0.3, 0.4) is 0 Å². The van der Waals surface area contributed by atoms with Gasteiger partial charge in [-0.1, -0.05) is 59.1 Å². The number of phenols is 1. The molecule has 126 valence electrons. The van der Waals surface area contributed by atoms with Crippen molar-refractivity contribution in [2.45, 2.75) is 53.9 Å². The van der Waals surface area contributed by atoms with Gasteiger partial charge >= 0.3 is 21.7 Å². The summed E-state index contributed by atoms with van der Waals surface area (Å²) in [7, 11) is 0. The summed E-state index contributed by atoms with van der Waals surface area (Å²) in [5.74, 6) is 0.789. The first-order valence-corrected chi connectivity index (χ1v) is 7.68. The number of phenolic OH excluding ortho intramolecular Hbond substituents is 1. The van der Waals surface area contributed by atoms with Crippen molar-refractivity contribution in [3.63, 3.8) is 0 Å². The van der Waals surface area contributed by atoms with Crippen LogP contribution in [0.15, 0.2) is 34.9 Å². The second kappa shape index (κ2) is 9.72. The molecule has 0 radical (unpaired) electrons. The molecule has 23 heavy (non-hydrogen) atoms. The summed E-state index contributed by atoms with van der Waals surface area (Å²) < 4.78 is 0. The normalized spacial score (nSPS) is 16.7. The Bertz CT molecular complexity index is 560. The molecular weight excluding hydrogens is 340 g/mol. The molecule has 0 bridgehead atoms. The van der Waals surface area contributed by atoms with Gasteiger partial charge in [0.1, 0.15) is 5.75 Å². The van der Waals surface area contributed by atoms with Gasteiger partial charge in [-0.15, -0.1) is 6.92 Å². The molecule has 1 atom stereocenters. The van der Waals surface area contributed by atoms with Crippen LogP contribution in [0.4, 0.5) is 0 Å². The van der Waals surface area contributed by atoms with Crippen molar-refractivity contribution >= 4 is 11.6 Å². The molecule has 0 heterocycles. The van der Waals surface area contributed by atoms with Crippen LogP contribution in [-0.2, 0) is 27.1 Å². The molecule has 1 aromatic carbocycles. The molecule has 0 fully saturated rings. The van der Waals surface area contributed by atoms with Crippen LogP contribution in [0.1, 0.15) is 54.0 Å². The summed E-state index contributed by atoms with van der Waals surface area (Å²) in [4.78, 5) is 0. The van der Waals surface area contributed by atoms with Gasteiger partial charge in [-0.05, 0) is 29.2 Å². The first-order valence-electron chi connectivity index (χ1n) is 7.30. The summed E-state index contributed by atoms with van der Waals surface area (Å²) in [6.45, 7) is 14.9. The van der Waals surface area contributed by atoms with Crippen molar-refractivity contribution in [2.75, 3.05) is 0 Å². The van der Waals surface area contributed by atoms with Gasteiger partial charge in [0, 0.05) is 5.02 Å². The predicted molar refractivity (Wildman–Crippen MR) is 98.2 cm³/mol. The molecule has 0 aromatic heterocycles. The van der Waals surface area contributed by atoms with Gasteiger partial charge in [0.05, 0.1) is 0 Å². The molecule has 2 rings (SSSR count). The first kappa shape index (κ1) is 24.8. The minimum atomic E-state index is 0. The Morgan fingerprint density at radius 3 is 1.87 bits per heavy atom. The Labute approximate surface area is 162 Å². The van der Waals surface area contributed by atoms with Gasteiger partial charge in [-0.25, -0.2) is 5.57 Å². The van der Waals surface area contributed by atoms with Crippen LogP contribution in [-0.4, -0.2) is 5.11 Å². The van der Waals surface area contributed by atoms with E-state index in [2.05, 4.69) is 54.5 Å². The number of hydrogen-bond donors (Lipinski definition) is 1. The summed E-state index contributed by atoms with van der Waals surface area (Å²) in [6, 6.07) is 5.16. The number of hydrogen-bond acceptors (Lipinski definition) is 1. The standard InChI is InChI=1S/C10H13ClO.C9H13.CH3.Ti/c1-10(2,3)7-4-8(11)6-9(12)5-7;1-6-5-7(2)9(4)8(6)3;;/h4-6,12H,1-3H3;6H,1-4H3;1H3;/q;2*-1;+2. The molecule has 1 nitrogen and oxygen atoms in total. The molecule has 0 aliphatic heterocycles. The number of aromatic hydroxyl groups is 1. The minimum absolute atomic E-state index is 0. The average Bonchev–Trinajstić information content (AvgIpc) is 2.55. The van der Waals surface area contributed by atoms with Crippen molar-refractivity contribution in [3.8, 4) is 5.75 Å². The van der Waals surface area contributed by atoms with Gasteiger partial charge in [-0.2, -0.15) is 11.1 Å². The summed E-state index contributed by atoms with van der Waals surface area (Å²) in [6.07, 6.45) is 3.36. The maximum Gasteiger partial charge on any atom is 2.00 e. The van der Waals surface area contributed by atoms with E-state index in [0.717, 1.165) is 5.56 Å². The van der Waals surface area contributed by atoms with E-state index >= 15 is 0 Å². The van der Waals surface area contributed by atoms with E-state index in [9.17, 15) is 5.11 Å². The molecule has 0 saturated carbocycles. The Morgan fingerprint density at radius 2 is 1.61 bits per heavy atom.